The largest absolute Gasteiger partial charge is 0.399 e. The van der Waals surface area contributed by atoms with Gasteiger partial charge in [-0.1, -0.05) is 23.7 Å². The summed E-state index contributed by atoms with van der Waals surface area (Å²) < 4.78 is 0. The molecular formula is C12H13ClN4. The van der Waals surface area contributed by atoms with Gasteiger partial charge in [-0.2, -0.15) is 0 Å². The van der Waals surface area contributed by atoms with Crippen LogP contribution in [0.2, 0.25) is 5.15 Å². The predicted octanol–water partition coefficient (Wildman–Crippen LogP) is 2.37. The summed E-state index contributed by atoms with van der Waals surface area (Å²) in [6.07, 6.45) is 0.907. The van der Waals surface area contributed by atoms with E-state index < -0.39 is 0 Å². The fourth-order valence-electron chi connectivity index (χ4n) is 1.43. The maximum Gasteiger partial charge on any atom is 0.151 e. The van der Waals surface area contributed by atoms with Gasteiger partial charge in [0.05, 0.1) is 0 Å². The fourth-order valence-corrected chi connectivity index (χ4v) is 1.53. The van der Waals surface area contributed by atoms with Gasteiger partial charge in [-0.25, -0.2) is 0 Å². The highest BCUT2D eigenvalue weighted by Crippen LogP contribution is 2.08. The maximum absolute atomic E-state index is 5.64. The van der Waals surface area contributed by atoms with Crippen LogP contribution in [0.1, 0.15) is 5.56 Å². The van der Waals surface area contributed by atoms with Gasteiger partial charge in [0.1, 0.15) is 5.82 Å². The van der Waals surface area contributed by atoms with Crippen molar-refractivity contribution in [2.75, 3.05) is 17.6 Å². The number of nitrogens with two attached hydrogens (primary N) is 1. The lowest BCUT2D eigenvalue weighted by Gasteiger charge is -2.05. The Morgan fingerprint density at radius 1 is 1.06 bits per heavy atom. The number of hydrogen-bond donors (Lipinski definition) is 2. The van der Waals surface area contributed by atoms with Gasteiger partial charge < -0.3 is 11.1 Å². The average molecular weight is 249 g/mol. The van der Waals surface area contributed by atoms with Crippen LogP contribution >= 0.6 is 11.6 Å². The standard InChI is InChI=1S/C12H13ClN4/c13-11-5-6-12(17-16-11)15-8-7-9-1-3-10(14)4-2-9/h1-6H,7-8,14H2,(H,15,17). The molecule has 0 saturated heterocycles. The average Bonchev–Trinajstić information content (AvgIpc) is 2.34. The van der Waals surface area contributed by atoms with E-state index in [0.29, 0.717) is 5.15 Å². The van der Waals surface area contributed by atoms with Crippen molar-refractivity contribution in [2.45, 2.75) is 6.42 Å². The van der Waals surface area contributed by atoms with Crippen molar-refractivity contribution in [1.82, 2.24) is 10.2 Å². The molecule has 5 heteroatoms. The van der Waals surface area contributed by atoms with Gasteiger partial charge in [-0.15, -0.1) is 10.2 Å². The second kappa shape index (κ2) is 5.50. The van der Waals surface area contributed by atoms with Crippen molar-refractivity contribution >= 4 is 23.1 Å². The number of halogens is 1. The number of benzene rings is 1. The van der Waals surface area contributed by atoms with Crippen molar-refractivity contribution < 1.29 is 0 Å². The molecule has 0 bridgehead atoms. The second-order valence-corrected chi connectivity index (χ2v) is 4.05. The first-order valence-electron chi connectivity index (χ1n) is 5.31. The number of anilines is 2. The molecule has 0 spiro atoms. The maximum atomic E-state index is 5.64. The monoisotopic (exact) mass is 248 g/mol. The molecule has 0 aliphatic heterocycles. The number of hydrogen-bond acceptors (Lipinski definition) is 4. The zero-order valence-electron chi connectivity index (χ0n) is 9.23. The van der Waals surface area contributed by atoms with Crippen LogP contribution in [-0.2, 0) is 6.42 Å². The Balaban J connectivity index is 1.83. The zero-order valence-corrected chi connectivity index (χ0v) is 9.98. The van der Waals surface area contributed by atoms with E-state index in [2.05, 4.69) is 15.5 Å². The van der Waals surface area contributed by atoms with Crippen LogP contribution in [0.5, 0.6) is 0 Å². The SMILES string of the molecule is Nc1ccc(CCNc2ccc(Cl)nn2)cc1. The summed E-state index contributed by atoms with van der Waals surface area (Å²) in [6, 6.07) is 11.3. The van der Waals surface area contributed by atoms with Crippen molar-refractivity contribution in [3.8, 4) is 0 Å². The predicted molar refractivity (Wildman–Crippen MR) is 70.1 cm³/mol. The molecule has 1 heterocycles. The molecule has 1 aromatic carbocycles. The van der Waals surface area contributed by atoms with E-state index in [-0.39, 0.29) is 0 Å². The summed E-state index contributed by atoms with van der Waals surface area (Å²) in [6.45, 7) is 0.792. The summed E-state index contributed by atoms with van der Waals surface area (Å²) in [7, 11) is 0. The first-order chi connectivity index (χ1) is 8.24. The molecule has 2 rings (SSSR count). The number of rotatable bonds is 4. The first kappa shape index (κ1) is 11.7. The molecule has 0 amide bonds. The number of aromatic nitrogens is 2. The molecule has 0 atom stereocenters. The lowest BCUT2D eigenvalue weighted by molar-refractivity contribution is 0.967. The Morgan fingerprint density at radius 2 is 1.82 bits per heavy atom. The van der Waals surface area contributed by atoms with Gasteiger partial charge in [0.2, 0.25) is 0 Å². The molecule has 0 saturated carbocycles. The third-order valence-corrected chi connectivity index (χ3v) is 2.53. The van der Waals surface area contributed by atoms with Crippen molar-refractivity contribution in [1.29, 1.82) is 0 Å². The van der Waals surface area contributed by atoms with E-state index in [1.807, 2.05) is 24.3 Å². The molecule has 0 radical (unpaired) electrons. The molecule has 1 aromatic heterocycles. The van der Waals surface area contributed by atoms with Crippen LogP contribution in [0.3, 0.4) is 0 Å². The third kappa shape index (κ3) is 3.60. The number of nitrogen functional groups attached to an aromatic ring is 1. The highest BCUT2D eigenvalue weighted by atomic mass is 35.5. The molecule has 0 unspecified atom stereocenters. The zero-order chi connectivity index (χ0) is 12.1. The minimum atomic E-state index is 0.397. The molecule has 0 fully saturated rings. The van der Waals surface area contributed by atoms with Gasteiger partial charge in [0, 0.05) is 12.2 Å². The molecule has 0 aliphatic rings. The number of nitrogens with one attached hydrogen (secondary N) is 1. The quantitative estimate of drug-likeness (QED) is 0.816. The van der Waals surface area contributed by atoms with E-state index in [1.165, 1.54) is 5.56 Å². The summed E-state index contributed by atoms with van der Waals surface area (Å²) in [4.78, 5) is 0. The Morgan fingerprint density at radius 3 is 2.47 bits per heavy atom. The Kier molecular flexibility index (Phi) is 3.77. The van der Waals surface area contributed by atoms with Crippen LogP contribution in [0, 0.1) is 0 Å². The van der Waals surface area contributed by atoms with Gasteiger partial charge in [-0.3, -0.25) is 0 Å². The van der Waals surface area contributed by atoms with Gasteiger partial charge in [-0.05, 0) is 36.2 Å². The lowest BCUT2D eigenvalue weighted by atomic mass is 10.1. The van der Waals surface area contributed by atoms with E-state index in [0.717, 1.165) is 24.5 Å². The summed E-state index contributed by atoms with van der Waals surface area (Å²) in [5.41, 5.74) is 7.63. The van der Waals surface area contributed by atoms with Crippen LogP contribution in [0.15, 0.2) is 36.4 Å². The van der Waals surface area contributed by atoms with Crippen molar-refractivity contribution in [3.63, 3.8) is 0 Å². The summed E-state index contributed by atoms with van der Waals surface area (Å²) in [5, 5.41) is 11.2. The van der Waals surface area contributed by atoms with E-state index in [1.54, 1.807) is 12.1 Å². The lowest BCUT2D eigenvalue weighted by Crippen LogP contribution is -2.06. The fraction of sp³-hybridized carbons (Fsp3) is 0.167. The molecule has 17 heavy (non-hydrogen) atoms. The van der Waals surface area contributed by atoms with Gasteiger partial charge in [0.15, 0.2) is 5.15 Å². The minimum absolute atomic E-state index is 0.397. The van der Waals surface area contributed by atoms with E-state index in [9.17, 15) is 0 Å². The van der Waals surface area contributed by atoms with Crippen molar-refractivity contribution in [2.24, 2.45) is 0 Å². The van der Waals surface area contributed by atoms with Crippen molar-refractivity contribution in [3.05, 3.63) is 47.1 Å². The smallest absolute Gasteiger partial charge is 0.151 e. The van der Waals surface area contributed by atoms with E-state index >= 15 is 0 Å². The van der Waals surface area contributed by atoms with Gasteiger partial charge >= 0.3 is 0 Å². The molecule has 4 nitrogen and oxygen atoms in total. The molecular weight excluding hydrogens is 236 g/mol. The summed E-state index contributed by atoms with van der Waals surface area (Å²) >= 11 is 5.64. The Hall–Kier alpha value is -1.81. The molecule has 2 aromatic rings. The Labute approximate surface area is 105 Å². The Bertz CT molecular complexity index is 421. The van der Waals surface area contributed by atoms with Crippen LogP contribution in [-0.4, -0.2) is 16.7 Å². The topological polar surface area (TPSA) is 63.8 Å². The van der Waals surface area contributed by atoms with Gasteiger partial charge in [0.25, 0.3) is 0 Å². The molecule has 3 N–H and O–H groups in total. The summed E-state index contributed by atoms with van der Waals surface area (Å²) in [5.74, 6) is 0.727. The van der Waals surface area contributed by atoms with Crippen LogP contribution in [0.25, 0.3) is 0 Å². The van der Waals surface area contributed by atoms with Crippen LogP contribution in [0.4, 0.5) is 11.5 Å². The third-order valence-electron chi connectivity index (χ3n) is 2.33. The number of nitrogens with zero attached hydrogens (tertiary/aromatic N) is 2. The molecule has 0 aliphatic carbocycles. The van der Waals surface area contributed by atoms with Crippen LogP contribution < -0.4 is 11.1 Å². The first-order valence-corrected chi connectivity index (χ1v) is 5.69. The normalized spacial score (nSPS) is 10.2. The molecule has 88 valence electrons. The minimum Gasteiger partial charge on any atom is -0.399 e. The highest BCUT2D eigenvalue weighted by Gasteiger charge is 1.96. The second-order valence-electron chi connectivity index (χ2n) is 3.66. The van der Waals surface area contributed by atoms with E-state index in [4.69, 9.17) is 17.3 Å². The highest BCUT2D eigenvalue weighted by molar-refractivity contribution is 6.29.